The second-order valence-corrected chi connectivity index (χ2v) is 3.99. The van der Waals surface area contributed by atoms with Gasteiger partial charge in [0.2, 0.25) is 5.91 Å². The first-order valence-corrected chi connectivity index (χ1v) is 5.93. The molecule has 0 aromatic heterocycles. The minimum atomic E-state index is 0. The number of carbonyl (C=O) groups is 1. The van der Waals surface area contributed by atoms with Gasteiger partial charge in [-0.1, -0.05) is 0 Å². The highest BCUT2D eigenvalue weighted by atomic mass is 35.5. The maximum Gasteiger partial charge on any atom is 0.248 e. The summed E-state index contributed by atoms with van der Waals surface area (Å²) in [6, 6.07) is 0.126. The molecular formula is C11H23ClN2O3. The third-order valence-electron chi connectivity index (χ3n) is 2.61. The highest BCUT2D eigenvalue weighted by molar-refractivity contribution is 5.85. The van der Waals surface area contributed by atoms with Crippen molar-refractivity contribution in [2.24, 2.45) is 5.73 Å². The molecular weight excluding hydrogens is 244 g/mol. The zero-order valence-electron chi connectivity index (χ0n) is 10.4. The van der Waals surface area contributed by atoms with E-state index in [-0.39, 0.29) is 31.0 Å². The monoisotopic (exact) mass is 266 g/mol. The molecule has 0 bridgehead atoms. The Hall–Kier alpha value is -0.360. The van der Waals surface area contributed by atoms with Crippen LogP contribution in [-0.2, 0) is 14.3 Å². The lowest BCUT2D eigenvalue weighted by Gasteiger charge is -2.30. The molecule has 1 fully saturated rings. The number of piperidine rings is 1. The van der Waals surface area contributed by atoms with Crippen molar-refractivity contribution in [1.29, 1.82) is 0 Å². The van der Waals surface area contributed by atoms with E-state index in [2.05, 4.69) is 0 Å². The van der Waals surface area contributed by atoms with E-state index in [1.165, 1.54) is 0 Å². The highest BCUT2D eigenvalue weighted by Gasteiger charge is 2.20. The van der Waals surface area contributed by atoms with Crippen molar-refractivity contribution in [1.82, 2.24) is 4.90 Å². The third-order valence-corrected chi connectivity index (χ3v) is 2.61. The van der Waals surface area contributed by atoms with Gasteiger partial charge in [-0.05, 0) is 19.8 Å². The number of rotatable bonds is 6. The molecule has 1 rings (SSSR count). The zero-order valence-corrected chi connectivity index (χ0v) is 11.2. The van der Waals surface area contributed by atoms with Crippen LogP contribution in [0.15, 0.2) is 0 Å². The molecule has 6 heteroatoms. The molecule has 102 valence electrons. The van der Waals surface area contributed by atoms with Crippen molar-refractivity contribution in [3.05, 3.63) is 0 Å². The normalized spacial score (nSPS) is 19.9. The van der Waals surface area contributed by atoms with Crippen LogP contribution in [0.1, 0.15) is 19.8 Å². The van der Waals surface area contributed by atoms with Crippen molar-refractivity contribution in [2.45, 2.75) is 25.8 Å². The summed E-state index contributed by atoms with van der Waals surface area (Å²) in [6.07, 6.45) is 2.00. The highest BCUT2D eigenvalue weighted by Crippen LogP contribution is 2.08. The van der Waals surface area contributed by atoms with Crippen LogP contribution in [0.3, 0.4) is 0 Å². The van der Waals surface area contributed by atoms with E-state index >= 15 is 0 Å². The van der Waals surface area contributed by atoms with Crippen LogP contribution in [0.25, 0.3) is 0 Å². The van der Waals surface area contributed by atoms with E-state index in [0.29, 0.717) is 26.4 Å². The standard InChI is InChI=1S/C11H22N2O3.ClH/c1-2-15-6-7-16-9-11(14)13-5-3-4-10(12)8-13;/h10H,2-9,12H2,1H3;1H. The van der Waals surface area contributed by atoms with E-state index in [4.69, 9.17) is 15.2 Å². The minimum absolute atomic E-state index is 0. The maximum absolute atomic E-state index is 11.7. The van der Waals surface area contributed by atoms with Crippen LogP contribution < -0.4 is 5.73 Å². The quantitative estimate of drug-likeness (QED) is 0.708. The smallest absolute Gasteiger partial charge is 0.248 e. The Morgan fingerprint density at radius 1 is 1.41 bits per heavy atom. The minimum Gasteiger partial charge on any atom is -0.379 e. The Morgan fingerprint density at radius 2 is 2.12 bits per heavy atom. The van der Waals surface area contributed by atoms with Gasteiger partial charge < -0.3 is 20.1 Å². The molecule has 1 unspecified atom stereocenters. The second-order valence-electron chi connectivity index (χ2n) is 3.99. The van der Waals surface area contributed by atoms with Crippen LogP contribution in [0.2, 0.25) is 0 Å². The number of likely N-dealkylation sites (tertiary alicyclic amines) is 1. The topological polar surface area (TPSA) is 64.8 Å². The maximum atomic E-state index is 11.7. The van der Waals surface area contributed by atoms with Crippen LogP contribution in [0.5, 0.6) is 0 Å². The average molecular weight is 267 g/mol. The summed E-state index contributed by atoms with van der Waals surface area (Å²) < 4.78 is 10.3. The fourth-order valence-electron chi connectivity index (χ4n) is 1.75. The van der Waals surface area contributed by atoms with Crippen LogP contribution in [0.4, 0.5) is 0 Å². The first-order valence-electron chi connectivity index (χ1n) is 5.93. The second kappa shape index (κ2) is 9.65. The molecule has 2 N–H and O–H groups in total. The fraction of sp³-hybridized carbons (Fsp3) is 0.909. The van der Waals surface area contributed by atoms with Gasteiger partial charge >= 0.3 is 0 Å². The molecule has 1 saturated heterocycles. The summed E-state index contributed by atoms with van der Waals surface area (Å²) in [4.78, 5) is 13.5. The van der Waals surface area contributed by atoms with E-state index in [0.717, 1.165) is 19.4 Å². The van der Waals surface area contributed by atoms with Gasteiger partial charge in [0, 0.05) is 25.7 Å². The number of hydrogen-bond donors (Lipinski definition) is 1. The van der Waals surface area contributed by atoms with Crippen LogP contribution >= 0.6 is 12.4 Å². The van der Waals surface area contributed by atoms with E-state index in [1.54, 1.807) is 4.90 Å². The molecule has 0 aromatic rings. The van der Waals surface area contributed by atoms with Gasteiger partial charge in [-0.3, -0.25) is 4.79 Å². The Balaban J connectivity index is 0.00000256. The average Bonchev–Trinajstić information content (AvgIpc) is 2.28. The molecule has 0 saturated carbocycles. The Labute approximate surface area is 109 Å². The number of amides is 1. The number of nitrogens with zero attached hydrogens (tertiary/aromatic N) is 1. The summed E-state index contributed by atoms with van der Waals surface area (Å²) in [5.74, 6) is 0.0339. The Morgan fingerprint density at radius 3 is 2.76 bits per heavy atom. The predicted molar refractivity (Wildman–Crippen MR) is 68.3 cm³/mol. The molecule has 1 atom stereocenters. The summed E-state index contributed by atoms with van der Waals surface area (Å²) in [7, 11) is 0. The van der Waals surface area contributed by atoms with Crippen molar-refractivity contribution in [2.75, 3.05) is 39.5 Å². The fourth-order valence-corrected chi connectivity index (χ4v) is 1.75. The molecule has 1 heterocycles. The predicted octanol–water partition coefficient (Wildman–Crippen LogP) is 0.411. The molecule has 0 aromatic carbocycles. The largest absolute Gasteiger partial charge is 0.379 e. The number of ether oxygens (including phenoxy) is 2. The van der Waals surface area contributed by atoms with Gasteiger partial charge in [0.05, 0.1) is 13.2 Å². The SMILES string of the molecule is CCOCCOCC(=O)N1CCCC(N)C1.Cl. The number of carbonyl (C=O) groups excluding carboxylic acids is 1. The van der Waals surface area contributed by atoms with Gasteiger partial charge in [0.15, 0.2) is 0 Å². The van der Waals surface area contributed by atoms with Gasteiger partial charge in [-0.15, -0.1) is 12.4 Å². The molecule has 1 aliphatic heterocycles. The summed E-state index contributed by atoms with van der Waals surface area (Å²) in [6.45, 7) is 5.23. The van der Waals surface area contributed by atoms with Crippen LogP contribution in [0, 0.1) is 0 Å². The third kappa shape index (κ3) is 6.83. The molecule has 0 radical (unpaired) electrons. The lowest BCUT2D eigenvalue weighted by Crippen LogP contribution is -2.47. The van der Waals surface area contributed by atoms with Gasteiger partial charge in [0.25, 0.3) is 0 Å². The van der Waals surface area contributed by atoms with Crippen molar-refractivity contribution in [3.63, 3.8) is 0 Å². The molecule has 0 spiro atoms. The van der Waals surface area contributed by atoms with Crippen molar-refractivity contribution in [3.8, 4) is 0 Å². The summed E-state index contributed by atoms with van der Waals surface area (Å²) in [5.41, 5.74) is 5.80. The Kier molecular flexibility index (Phi) is 9.44. The van der Waals surface area contributed by atoms with Crippen molar-refractivity contribution < 1.29 is 14.3 Å². The summed E-state index contributed by atoms with van der Waals surface area (Å²) in [5, 5.41) is 0. The van der Waals surface area contributed by atoms with E-state index in [9.17, 15) is 4.79 Å². The molecule has 1 aliphatic rings. The number of halogens is 1. The van der Waals surface area contributed by atoms with Gasteiger partial charge in [-0.25, -0.2) is 0 Å². The lowest BCUT2D eigenvalue weighted by molar-refractivity contribution is -0.137. The number of nitrogens with two attached hydrogens (primary N) is 1. The molecule has 0 aliphatic carbocycles. The summed E-state index contributed by atoms with van der Waals surface area (Å²) >= 11 is 0. The first-order chi connectivity index (χ1) is 7.74. The molecule has 1 amide bonds. The molecule has 17 heavy (non-hydrogen) atoms. The Bertz CT molecular complexity index is 217. The van der Waals surface area contributed by atoms with E-state index in [1.807, 2.05) is 6.92 Å². The zero-order chi connectivity index (χ0) is 11.8. The van der Waals surface area contributed by atoms with Crippen molar-refractivity contribution >= 4 is 18.3 Å². The van der Waals surface area contributed by atoms with Gasteiger partial charge in [-0.2, -0.15) is 0 Å². The first kappa shape index (κ1) is 16.6. The number of hydrogen-bond acceptors (Lipinski definition) is 4. The lowest BCUT2D eigenvalue weighted by atomic mass is 10.1. The van der Waals surface area contributed by atoms with Crippen LogP contribution in [-0.4, -0.2) is 56.4 Å². The van der Waals surface area contributed by atoms with Gasteiger partial charge in [0.1, 0.15) is 6.61 Å². The van der Waals surface area contributed by atoms with E-state index < -0.39 is 0 Å². The molecule has 5 nitrogen and oxygen atoms in total.